The third-order valence-electron chi connectivity index (χ3n) is 2.43. The summed E-state index contributed by atoms with van der Waals surface area (Å²) in [5.74, 6) is 2.05. The SMILES string of the molecule is CCCNCCc1nnc(-c2cc(OC)cs2)o1. The van der Waals surface area contributed by atoms with Crippen LogP contribution in [0.25, 0.3) is 10.8 Å². The predicted molar refractivity (Wildman–Crippen MR) is 71.0 cm³/mol. The highest BCUT2D eigenvalue weighted by atomic mass is 32.1. The standard InChI is InChI=1S/C12H17N3O2S/c1-3-5-13-6-4-11-14-15-12(17-11)10-7-9(16-2)8-18-10/h7-8,13H,3-6H2,1-2H3. The molecule has 0 saturated heterocycles. The first-order chi connectivity index (χ1) is 8.83. The average molecular weight is 267 g/mol. The summed E-state index contributed by atoms with van der Waals surface area (Å²) in [6, 6.07) is 1.90. The Kier molecular flexibility index (Phi) is 4.72. The lowest BCUT2D eigenvalue weighted by atomic mass is 10.4. The van der Waals surface area contributed by atoms with E-state index >= 15 is 0 Å². The fourth-order valence-electron chi connectivity index (χ4n) is 1.49. The summed E-state index contributed by atoms with van der Waals surface area (Å²) in [5, 5.41) is 13.3. The van der Waals surface area contributed by atoms with E-state index in [2.05, 4.69) is 22.4 Å². The van der Waals surface area contributed by atoms with Gasteiger partial charge in [0.15, 0.2) is 0 Å². The van der Waals surface area contributed by atoms with Gasteiger partial charge < -0.3 is 14.5 Å². The minimum absolute atomic E-state index is 0.564. The lowest BCUT2D eigenvalue weighted by Gasteiger charge is -1.98. The molecule has 0 saturated carbocycles. The van der Waals surface area contributed by atoms with E-state index in [-0.39, 0.29) is 0 Å². The second kappa shape index (κ2) is 6.51. The Bertz CT molecular complexity index is 481. The summed E-state index contributed by atoms with van der Waals surface area (Å²) in [5.41, 5.74) is 0. The van der Waals surface area contributed by atoms with Crippen LogP contribution in [0.4, 0.5) is 0 Å². The molecule has 5 nitrogen and oxygen atoms in total. The van der Waals surface area contributed by atoms with Crippen molar-refractivity contribution >= 4 is 11.3 Å². The van der Waals surface area contributed by atoms with Crippen LogP contribution in [-0.4, -0.2) is 30.4 Å². The number of nitrogens with zero attached hydrogens (tertiary/aromatic N) is 2. The van der Waals surface area contributed by atoms with Crippen LogP contribution in [0.1, 0.15) is 19.2 Å². The van der Waals surface area contributed by atoms with Crippen molar-refractivity contribution in [3.05, 3.63) is 17.3 Å². The highest BCUT2D eigenvalue weighted by Gasteiger charge is 2.11. The maximum absolute atomic E-state index is 5.60. The molecular formula is C12H17N3O2S. The monoisotopic (exact) mass is 267 g/mol. The molecule has 0 spiro atoms. The molecule has 0 atom stereocenters. The number of aromatic nitrogens is 2. The fourth-order valence-corrected chi connectivity index (χ4v) is 2.26. The smallest absolute Gasteiger partial charge is 0.257 e. The van der Waals surface area contributed by atoms with Crippen LogP contribution in [-0.2, 0) is 6.42 Å². The van der Waals surface area contributed by atoms with Gasteiger partial charge in [0.05, 0.1) is 12.0 Å². The van der Waals surface area contributed by atoms with Crippen LogP contribution in [0.15, 0.2) is 15.9 Å². The summed E-state index contributed by atoms with van der Waals surface area (Å²) < 4.78 is 10.7. The highest BCUT2D eigenvalue weighted by molar-refractivity contribution is 7.13. The summed E-state index contributed by atoms with van der Waals surface area (Å²) in [6.07, 6.45) is 1.89. The molecule has 0 bridgehead atoms. The van der Waals surface area contributed by atoms with Crippen molar-refractivity contribution < 1.29 is 9.15 Å². The van der Waals surface area contributed by atoms with Gasteiger partial charge in [-0.3, -0.25) is 0 Å². The minimum Gasteiger partial charge on any atom is -0.496 e. The van der Waals surface area contributed by atoms with E-state index in [1.54, 1.807) is 7.11 Å². The lowest BCUT2D eigenvalue weighted by Crippen LogP contribution is -2.17. The van der Waals surface area contributed by atoms with Crippen LogP contribution in [0.5, 0.6) is 5.75 Å². The van der Waals surface area contributed by atoms with Gasteiger partial charge in [-0.2, -0.15) is 0 Å². The van der Waals surface area contributed by atoms with Gasteiger partial charge in [-0.15, -0.1) is 21.5 Å². The molecule has 98 valence electrons. The number of hydrogen-bond acceptors (Lipinski definition) is 6. The van der Waals surface area contributed by atoms with Gasteiger partial charge in [0.25, 0.3) is 5.89 Å². The van der Waals surface area contributed by atoms with E-state index in [1.807, 2.05) is 11.4 Å². The van der Waals surface area contributed by atoms with Gasteiger partial charge in [0.2, 0.25) is 5.89 Å². The molecule has 1 N–H and O–H groups in total. The van der Waals surface area contributed by atoms with E-state index in [9.17, 15) is 0 Å². The van der Waals surface area contributed by atoms with E-state index < -0.39 is 0 Å². The van der Waals surface area contributed by atoms with Gasteiger partial charge >= 0.3 is 0 Å². The Labute approximate surface area is 110 Å². The number of nitrogens with one attached hydrogen (secondary N) is 1. The quantitative estimate of drug-likeness (QED) is 0.780. The zero-order chi connectivity index (χ0) is 12.8. The Morgan fingerprint density at radius 2 is 2.28 bits per heavy atom. The predicted octanol–water partition coefficient (Wildman–Crippen LogP) is 2.35. The number of thiophene rings is 1. The van der Waals surface area contributed by atoms with Gasteiger partial charge in [0, 0.05) is 24.4 Å². The Balaban J connectivity index is 1.93. The second-order valence-corrected chi connectivity index (χ2v) is 4.76. The van der Waals surface area contributed by atoms with E-state index in [4.69, 9.17) is 9.15 Å². The summed E-state index contributed by atoms with van der Waals surface area (Å²) >= 11 is 1.54. The molecule has 0 unspecified atom stereocenters. The minimum atomic E-state index is 0.564. The van der Waals surface area contributed by atoms with Gasteiger partial charge in [0.1, 0.15) is 5.75 Å². The third kappa shape index (κ3) is 3.30. The molecule has 0 aromatic carbocycles. The number of ether oxygens (including phenoxy) is 1. The molecule has 6 heteroatoms. The molecular weight excluding hydrogens is 250 g/mol. The Hall–Kier alpha value is -1.40. The van der Waals surface area contributed by atoms with E-state index in [1.165, 1.54) is 11.3 Å². The molecule has 2 rings (SSSR count). The molecule has 0 aliphatic rings. The summed E-state index contributed by atoms with van der Waals surface area (Å²) in [7, 11) is 1.64. The van der Waals surface area contributed by atoms with Crippen LogP contribution < -0.4 is 10.1 Å². The molecule has 2 aromatic rings. The largest absolute Gasteiger partial charge is 0.496 e. The van der Waals surface area contributed by atoms with Crippen molar-refractivity contribution in [1.82, 2.24) is 15.5 Å². The van der Waals surface area contributed by atoms with Crippen molar-refractivity contribution in [3.8, 4) is 16.5 Å². The van der Waals surface area contributed by atoms with Gasteiger partial charge in [-0.1, -0.05) is 6.92 Å². The van der Waals surface area contributed by atoms with Crippen molar-refractivity contribution in [2.24, 2.45) is 0 Å². The summed E-state index contributed by atoms with van der Waals surface area (Å²) in [6.45, 7) is 4.02. The van der Waals surface area contributed by atoms with Crippen LogP contribution in [0.2, 0.25) is 0 Å². The number of rotatable bonds is 7. The van der Waals surface area contributed by atoms with E-state index in [0.717, 1.165) is 36.6 Å². The maximum Gasteiger partial charge on any atom is 0.257 e. The normalized spacial score (nSPS) is 10.8. The molecule has 0 amide bonds. The molecule has 2 heterocycles. The molecule has 0 fully saturated rings. The van der Waals surface area contributed by atoms with Gasteiger partial charge in [-0.05, 0) is 13.0 Å². The van der Waals surface area contributed by atoms with Crippen LogP contribution in [0, 0.1) is 0 Å². The molecule has 2 aromatic heterocycles. The third-order valence-corrected chi connectivity index (χ3v) is 3.33. The van der Waals surface area contributed by atoms with E-state index in [0.29, 0.717) is 11.8 Å². The number of hydrogen-bond donors (Lipinski definition) is 1. The van der Waals surface area contributed by atoms with Crippen molar-refractivity contribution in [2.75, 3.05) is 20.2 Å². The second-order valence-electron chi connectivity index (χ2n) is 3.85. The molecule has 0 aliphatic carbocycles. The van der Waals surface area contributed by atoms with Gasteiger partial charge in [-0.25, -0.2) is 0 Å². The average Bonchev–Trinajstić information content (AvgIpc) is 3.03. The maximum atomic E-state index is 5.60. The first kappa shape index (κ1) is 13.0. The van der Waals surface area contributed by atoms with Crippen LogP contribution in [0.3, 0.4) is 0 Å². The first-order valence-electron chi connectivity index (χ1n) is 5.99. The van der Waals surface area contributed by atoms with Crippen molar-refractivity contribution in [2.45, 2.75) is 19.8 Å². The molecule has 18 heavy (non-hydrogen) atoms. The van der Waals surface area contributed by atoms with Crippen molar-refractivity contribution in [1.29, 1.82) is 0 Å². The van der Waals surface area contributed by atoms with Crippen molar-refractivity contribution in [3.63, 3.8) is 0 Å². The summed E-state index contributed by atoms with van der Waals surface area (Å²) in [4.78, 5) is 0.937. The first-order valence-corrected chi connectivity index (χ1v) is 6.87. The fraction of sp³-hybridized carbons (Fsp3) is 0.500. The molecule has 0 radical (unpaired) electrons. The zero-order valence-electron chi connectivity index (χ0n) is 10.6. The van der Waals surface area contributed by atoms with Crippen LogP contribution >= 0.6 is 11.3 Å². The Morgan fingerprint density at radius 3 is 3.00 bits per heavy atom. The molecule has 0 aliphatic heterocycles. The Morgan fingerprint density at radius 1 is 1.39 bits per heavy atom. The lowest BCUT2D eigenvalue weighted by molar-refractivity contribution is 0.416. The highest BCUT2D eigenvalue weighted by Crippen LogP contribution is 2.29. The zero-order valence-corrected chi connectivity index (χ0v) is 11.4. The topological polar surface area (TPSA) is 60.2 Å². The number of methoxy groups -OCH3 is 1.